The van der Waals surface area contributed by atoms with E-state index in [2.05, 4.69) is 15.3 Å². The Morgan fingerprint density at radius 3 is 2.54 bits per heavy atom. The zero-order chi connectivity index (χ0) is 18.7. The average Bonchev–Trinajstić information content (AvgIpc) is 2.60. The molecule has 9 heteroatoms. The Labute approximate surface area is 157 Å². The van der Waals surface area contributed by atoms with Crippen molar-refractivity contribution in [1.82, 2.24) is 9.97 Å². The highest BCUT2D eigenvalue weighted by Crippen LogP contribution is 2.35. The van der Waals surface area contributed by atoms with E-state index in [4.69, 9.17) is 11.6 Å². The first-order valence-electron chi connectivity index (χ1n) is 7.98. The van der Waals surface area contributed by atoms with Crippen LogP contribution in [0.15, 0.2) is 29.4 Å². The summed E-state index contributed by atoms with van der Waals surface area (Å²) in [6, 6.07) is 6.54. The second-order valence-electron chi connectivity index (χ2n) is 5.83. The first-order valence-corrected chi connectivity index (χ1v) is 9.34. The second kappa shape index (κ2) is 7.84. The fourth-order valence-corrected chi connectivity index (χ4v) is 3.52. The van der Waals surface area contributed by atoms with E-state index in [1.807, 2.05) is 0 Å². The van der Waals surface area contributed by atoms with Crippen LogP contribution in [0.1, 0.15) is 29.8 Å². The van der Waals surface area contributed by atoms with Gasteiger partial charge in [-0.05, 0) is 49.9 Å². The number of hydrogen-bond donors (Lipinski definition) is 1. The zero-order valence-corrected chi connectivity index (χ0v) is 15.1. The minimum Gasteiger partial charge on any atom is -0.325 e. The number of thioether (sulfide) groups is 1. The van der Waals surface area contributed by atoms with Crippen molar-refractivity contribution in [2.75, 3.05) is 11.1 Å². The van der Waals surface area contributed by atoms with Gasteiger partial charge in [-0.2, -0.15) is 13.2 Å². The number of aryl methyl sites for hydroxylation is 1. The van der Waals surface area contributed by atoms with Crippen molar-refractivity contribution in [3.63, 3.8) is 0 Å². The van der Waals surface area contributed by atoms with Crippen LogP contribution in [0.5, 0.6) is 0 Å². The quantitative estimate of drug-likeness (QED) is 0.593. The molecule has 0 fully saturated rings. The van der Waals surface area contributed by atoms with E-state index >= 15 is 0 Å². The Morgan fingerprint density at radius 1 is 1.15 bits per heavy atom. The number of carbonyl (C=O) groups excluding carboxylic acids is 1. The van der Waals surface area contributed by atoms with Gasteiger partial charge in [0.1, 0.15) is 0 Å². The van der Waals surface area contributed by atoms with Gasteiger partial charge in [0.2, 0.25) is 5.91 Å². The van der Waals surface area contributed by atoms with Crippen LogP contribution in [0.2, 0.25) is 5.02 Å². The molecule has 1 amide bonds. The molecule has 0 radical (unpaired) electrons. The number of carbonyl (C=O) groups is 1. The summed E-state index contributed by atoms with van der Waals surface area (Å²) in [5, 5.41) is 3.17. The third-order valence-electron chi connectivity index (χ3n) is 3.89. The number of anilines is 1. The molecule has 0 saturated heterocycles. The lowest BCUT2D eigenvalue weighted by Gasteiger charge is -2.20. The lowest BCUT2D eigenvalue weighted by atomic mass is 9.94. The normalized spacial score (nSPS) is 14.0. The molecule has 3 rings (SSSR count). The molecular weight excluding hydrogens is 387 g/mol. The largest absolute Gasteiger partial charge is 0.433 e. The molecule has 26 heavy (non-hydrogen) atoms. The summed E-state index contributed by atoms with van der Waals surface area (Å²) in [5.74, 6) is -0.439. The predicted octanol–water partition coefficient (Wildman–Crippen LogP) is 4.76. The van der Waals surface area contributed by atoms with Gasteiger partial charge in [0.25, 0.3) is 0 Å². The van der Waals surface area contributed by atoms with E-state index in [1.165, 1.54) is 0 Å². The third kappa shape index (κ3) is 4.67. The summed E-state index contributed by atoms with van der Waals surface area (Å²) >= 11 is 6.67. The Balaban J connectivity index is 1.71. The van der Waals surface area contributed by atoms with E-state index in [0.717, 1.165) is 18.2 Å². The molecule has 1 heterocycles. The summed E-state index contributed by atoms with van der Waals surface area (Å²) in [5.41, 5.74) is 0.322. The Kier molecular flexibility index (Phi) is 5.72. The fraction of sp³-hybridized carbons (Fsp3) is 0.353. The topological polar surface area (TPSA) is 54.9 Å². The zero-order valence-electron chi connectivity index (χ0n) is 13.6. The minimum atomic E-state index is -4.52. The molecule has 0 spiro atoms. The molecule has 1 aromatic heterocycles. The molecule has 0 atom stereocenters. The number of nitrogens with zero attached hydrogens (tertiary/aromatic N) is 2. The van der Waals surface area contributed by atoms with Crippen molar-refractivity contribution in [3.05, 3.63) is 46.2 Å². The number of nitrogens with one attached hydrogen (secondary N) is 1. The maximum absolute atomic E-state index is 13.3. The van der Waals surface area contributed by atoms with Gasteiger partial charge < -0.3 is 5.32 Å². The molecule has 0 saturated carbocycles. The number of aromatic nitrogens is 2. The summed E-state index contributed by atoms with van der Waals surface area (Å²) in [6.45, 7) is 0. The number of benzene rings is 1. The van der Waals surface area contributed by atoms with Gasteiger partial charge in [-0.25, -0.2) is 9.97 Å². The molecule has 4 nitrogen and oxygen atoms in total. The fourth-order valence-electron chi connectivity index (χ4n) is 2.73. The number of rotatable bonds is 4. The molecule has 1 N–H and O–H groups in total. The van der Waals surface area contributed by atoms with Crippen molar-refractivity contribution in [2.45, 2.75) is 37.0 Å². The van der Waals surface area contributed by atoms with Crippen molar-refractivity contribution in [2.24, 2.45) is 0 Å². The van der Waals surface area contributed by atoms with E-state index in [9.17, 15) is 18.0 Å². The summed E-state index contributed by atoms with van der Waals surface area (Å²) in [7, 11) is 0. The highest BCUT2D eigenvalue weighted by Gasteiger charge is 2.38. The molecular formula is C17H15ClF3N3OS. The number of alkyl halides is 3. The Bertz CT molecular complexity index is 812. The number of halogens is 4. The molecule has 2 aromatic rings. The SMILES string of the molecule is O=C(CSc1nc2c(c(C(F)(F)F)n1)CCCC2)Nc1ccc(Cl)cc1. The summed E-state index contributed by atoms with van der Waals surface area (Å²) in [6.07, 6.45) is -2.17. The Morgan fingerprint density at radius 2 is 1.85 bits per heavy atom. The van der Waals surface area contributed by atoms with Gasteiger partial charge >= 0.3 is 6.18 Å². The van der Waals surface area contributed by atoms with Crippen molar-refractivity contribution < 1.29 is 18.0 Å². The van der Waals surface area contributed by atoms with Crippen molar-refractivity contribution >= 4 is 35.0 Å². The van der Waals surface area contributed by atoms with Crippen LogP contribution in [0.25, 0.3) is 0 Å². The van der Waals surface area contributed by atoms with E-state index < -0.39 is 11.9 Å². The number of fused-ring (bicyclic) bond motifs is 1. The van der Waals surface area contributed by atoms with Gasteiger partial charge in [0, 0.05) is 22.0 Å². The Hall–Kier alpha value is -1.80. The molecule has 1 aromatic carbocycles. The molecule has 138 valence electrons. The van der Waals surface area contributed by atoms with Crippen LogP contribution >= 0.6 is 23.4 Å². The van der Waals surface area contributed by atoms with E-state index in [-0.39, 0.29) is 22.4 Å². The smallest absolute Gasteiger partial charge is 0.325 e. The maximum atomic E-state index is 13.3. The van der Waals surface area contributed by atoms with Gasteiger partial charge in [-0.15, -0.1) is 0 Å². The van der Waals surface area contributed by atoms with Crippen LogP contribution in [0, 0.1) is 0 Å². The van der Waals surface area contributed by atoms with Crippen LogP contribution in [0.3, 0.4) is 0 Å². The first kappa shape index (κ1) is 19.0. The predicted molar refractivity (Wildman–Crippen MR) is 94.5 cm³/mol. The van der Waals surface area contributed by atoms with Gasteiger partial charge in [-0.3, -0.25) is 4.79 Å². The number of hydrogen-bond acceptors (Lipinski definition) is 4. The minimum absolute atomic E-state index is 0.0239. The van der Waals surface area contributed by atoms with Gasteiger partial charge in [0.15, 0.2) is 10.9 Å². The molecule has 0 unspecified atom stereocenters. The van der Waals surface area contributed by atoms with Crippen LogP contribution in [-0.2, 0) is 23.8 Å². The highest BCUT2D eigenvalue weighted by atomic mass is 35.5. The van der Waals surface area contributed by atoms with Gasteiger partial charge in [-0.1, -0.05) is 23.4 Å². The average molecular weight is 402 g/mol. The van der Waals surface area contributed by atoms with Crippen LogP contribution in [0.4, 0.5) is 18.9 Å². The second-order valence-corrected chi connectivity index (χ2v) is 7.21. The van der Waals surface area contributed by atoms with E-state index in [1.54, 1.807) is 24.3 Å². The monoisotopic (exact) mass is 401 g/mol. The molecule has 0 bridgehead atoms. The lowest BCUT2D eigenvalue weighted by Crippen LogP contribution is -2.20. The maximum Gasteiger partial charge on any atom is 0.433 e. The number of amides is 1. The first-order chi connectivity index (χ1) is 12.3. The molecule has 1 aliphatic carbocycles. The summed E-state index contributed by atoms with van der Waals surface area (Å²) in [4.78, 5) is 19.9. The van der Waals surface area contributed by atoms with Crippen molar-refractivity contribution in [1.29, 1.82) is 0 Å². The summed E-state index contributed by atoms with van der Waals surface area (Å²) < 4.78 is 39.9. The van der Waals surface area contributed by atoms with Crippen LogP contribution in [-0.4, -0.2) is 21.6 Å². The lowest BCUT2D eigenvalue weighted by molar-refractivity contribution is -0.142. The molecule has 0 aliphatic heterocycles. The molecule has 1 aliphatic rings. The van der Waals surface area contributed by atoms with E-state index in [0.29, 0.717) is 35.7 Å². The van der Waals surface area contributed by atoms with Crippen LogP contribution < -0.4 is 5.32 Å². The highest BCUT2D eigenvalue weighted by molar-refractivity contribution is 7.99. The van der Waals surface area contributed by atoms with Gasteiger partial charge in [0.05, 0.1) is 5.75 Å². The standard InChI is InChI=1S/C17H15ClF3N3OS/c18-10-5-7-11(8-6-10)22-14(25)9-26-16-23-13-4-2-1-3-12(13)15(24-16)17(19,20)21/h5-8H,1-4,9H2,(H,22,25). The third-order valence-corrected chi connectivity index (χ3v) is 4.99. The van der Waals surface area contributed by atoms with Crippen molar-refractivity contribution in [3.8, 4) is 0 Å².